The van der Waals surface area contributed by atoms with E-state index in [1.165, 1.54) is 6.08 Å². The number of ketones is 2. The fourth-order valence-corrected chi connectivity index (χ4v) is 4.00. The first-order valence-electron chi connectivity index (χ1n) is 7.78. The summed E-state index contributed by atoms with van der Waals surface area (Å²) < 4.78 is 0. The van der Waals surface area contributed by atoms with Crippen molar-refractivity contribution in [3.05, 3.63) is 65.8 Å². The van der Waals surface area contributed by atoms with E-state index in [2.05, 4.69) is 6.58 Å². The van der Waals surface area contributed by atoms with Crippen molar-refractivity contribution in [2.75, 3.05) is 0 Å². The first-order chi connectivity index (χ1) is 10.9. The molecule has 23 heavy (non-hydrogen) atoms. The molecule has 2 aliphatic rings. The Hall–Kier alpha value is -2.42. The maximum atomic E-state index is 12.9. The number of carbonyl (C=O) groups excluding carboxylic acids is 2. The number of hydrogen-bond acceptors (Lipinski definition) is 3. The molecule has 0 saturated heterocycles. The number of Topliss-reactive ketones (excluding diaryl/α,β-unsaturated/α-hetero) is 1. The van der Waals surface area contributed by atoms with Crippen LogP contribution in [0.2, 0.25) is 0 Å². The quantitative estimate of drug-likeness (QED) is 0.906. The van der Waals surface area contributed by atoms with E-state index in [4.69, 9.17) is 0 Å². The average Bonchev–Trinajstić information content (AvgIpc) is 2.52. The molecule has 3 nitrogen and oxygen atoms in total. The van der Waals surface area contributed by atoms with E-state index >= 15 is 0 Å². The number of carbonyl (C=O) groups is 2. The van der Waals surface area contributed by atoms with Gasteiger partial charge < -0.3 is 5.11 Å². The average molecular weight is 308 g/mol. The van der Waals surface area contributed by atoms with E-state index in [0.29, 0.717) is 12.0 Å². The van der Waals surface area contributed by atoms with Crippen molar-refractivity contribution in [1.82, 2.24) is 0 Å². The molecule has 0 saturated carbocycles. The highest BCUT2D eigenvalue weighted by molar-refractivity contribution is 6.13. The monoisotopic (exact) mass is 308 g/mol. The highest BCUT2D eigenvalue weighted by Crippen LogP contribution is 2.54. The molecule has 3 atom stereocenters. The number of rotatable bonds is 2. The highest BCUT2D eigenvalue weighted by Gasteiger charge is 2.54. The summed E-state index contributed by atoms with van der Waals surface area (Å²) in [7, 11) is 0. The van der Waals surface area contributed by atoms with E-state index < -0.39 is 5.41 Å². The van der Waals surface area contributed by atoms with Crippen LogP contribution in [-0.2, 0) is 9.59 Å². The summed E-state index contributed by atoms with van der Waals surface area (Å²) in [5.41, 5.74) is 1.45. The second kappa shape index (κ2) is 5.34. The summed E-state index contributed by atoms with van der Waals surface area (Å²) >= 11 is 0. The standard InChI is InChI=1S/C20H20O3/c1-4-13-8-9-16-19(23)12(2)10-17(22)20(16,3)18(13)14-6-5-7-15(21)11-14/h4-8,10-11,16,18,21H,1,9H2,2-3H3/t16-,18+,20-/m0/s1. The zero-order valence-electron chi connectivity index (χ0n) is 13.4. The topological polar surface area (TPSA) is 54.4 Å². The molecule has 0 radical (unpaired) electrons. The van der Waals surface area contributed by atoms with Crippen molar-refractivity contribution in [2.45, 2.75) is 26.2 Å². The van der Waals surface area contributed by atoms with Crippen molar-refractivity contribution in [3.63, 3.8) is 0 Å². The van der Waals surface area contributed by atoms with Gasteiger partial charge in [-0.25, -0.2) is 0 Å². The van der Waals surface area contributed by atoms with Crippen LogP contribution >= 0.6 is 0 Å². The van der Waals surface area contributed by atoms with Gasteiger partial charge in [0.1, 0.15) is 5.75 Å². The minimum Gasteiger partial charge on any atom is -0.508 e. The molecule has 3 heteroatoms. The zero-order chi connectivity index (χ0) is 16.8. The molecule has 1 aromatic carbocycles. The molecule has 2 aliphatic carbocycles. The Balaban J connectivity index is 2.23. The Morgan fingerprint density at radius 1 is 1.35 bits per heavy atom. The Morgan fingerprint density at radius 2 is 2.09 bits per heavy atom. The number of aromatic hydroxyl groups is 1. The Morgan fingerprint density at radius 3 is 2.74 bits per heavy atom. The van der Waals surface area contributed by atoms with Gasteiger partial charge in [0.05, 0.1) is 5.41 Å². The summed E-state index contributed by atoms with van der Waals surface area (Å²) in [5.74, 6) is -0.488. The molecule has 0 amide bonds. The number of hydrogen-bond donors (Lipinski definition) is 1. The van der Waals surface area contributed by atoms with Gasteiger partial charge in [0.15, 0.2) is 11.6 Å². The van der Waals surface area contributed by atoms with Crippen molar-refractivity contribution in [2.24, 2.45) is 11.3 Å². The van der Waals surface area contributed by atoms with E-state index in [9.17, 15) is 14.7 Å². The fraction of sp³-hybridized carbons (Fsp3) is 0.300. The van der Waals surface area contributed by atoms with Gasteiger partial charge >= 0.3 is 0 Å². The van der Waals surface area contributed by atoms with E-state index in [0.717, 1.165) is 11.1 Å². The SMILES string of the molecule is C=CC1=CC[C@H]2C(=O)C(C)=CC(=O)[C@@]2(C)[C@H]1c1cccc(O)c1. The van der Waals surface area contributed by atoms with Crippen LogP contribution in [0.4, 0.5) is 0 Å². The molecule has 1 N–H and O–H groups in total. The van der Waals surface area contributed by atoms with Crippen molar-refractivity contribution in [3.8, 4) is 5.75 Å². The van der Waals surface area contributed by atoms with Gasteiger partial charge in [-0.2, -0.15) is 0 Å². The predicted molar refractivity (Wildman–Crippen MR) is 89.1 cm³/mol. The molecule has 0 bridgehead atoms. The lowest BCUT2D eigenvalue weighted by molar-refractivity contribution is -0.137. The van der Waals surface area contributed by atoms with E-state index in [-0.39, 0.29) is 29.2 Å². The van der Waals surface area contributed by atoms with Gasteiger partial charge in [0.25, 0.3) is 0 Å². The lowest BCUT2D eigenvalue weighted by atomic mass is 9.53. The maximum absolute atomic E-state index is 12.9. The van der Waals surface area contributed by atoms with Crippen molar-refractivity contribution < 1.29 is 14.7 Å². The van der Waals surface area contributed by atoms with Crippen LogP contribution in [0.3, 0.4) is 0 Å². The van der Waals surface area contributed by atoms with Crippen molar-refractivity contribution in [1.29, 1.82) is 0 Å². The number of allylic oxidation sites excluding steroid dienone is 5. The first kappa shape index (κ1) is 15.5. The van der Waals surface area contributed by atoms with Crippen molar-refractivity contribution >= 4 is 11.6 Å². The van der Waals surface area contributed by atoms with Crippen LogP contribution < -0.4 is 0 Å². The second-order valence-electron chi connectivity index (χ2n) is 6.56. The van der Waals surface area contributed by atoms with Crippen LogP contribution in [0.5, 0.6) is 5.75 Å². The molecule has 0 unspecified atom stereocenters. The third-order valence-corrected chi connectivity index (χ3v) is 5.27. The number of fused-ring (bicyclic) bond motifs is 1. The summed E-state index contributed by atoms with van der Waals surface area (Å²) in [6.45, 7) is 7.44. The van der Waals surface area contributed by atoms with Crippen LogP contribution in [0, 0.1) is 11.3 Å². The van der Waals surface area contributed by atoms with Gasteiger partial charge in [-0.3, -0.25) is 9.59 Å². The molecule has 1 aromatic rings. The Bertz CT molecular complexity index is 769. The second-order valence-corrected chi connectivity index (χ2v) is 6.56. The maximum Gasteiger partial charge on any atom is 0.163 e. The number of phenols is 1. The first-order valence-corrected chi connectivity index (χ1v) is 7.78. The van der Waals surface area contributed by atoms with Gasteiger partial charge in [0, 0.05) is 11.8 Å². The normalized spacial score (nSPS) is 30.3. The number of benzene rings is 1. The largest absolute Gasteiger partial charge is 0.508 e. The zero-order valence-corrected chi connectivity index (χ0v) is 13.4. The van der Waals surface area contributed by atoms with Gasteiger partial charge in [0.2, 0.25) is 0 Å². The number of phenolic OH excluding ortho intramolecular Hbond substituents is 1. The summed E-state index contributed by atoms with van der Waals surface area (Å²) in [6.07, 6.45) is 5.76. The molecule has 0 aliphatic heterocycles. The summed E-state index contributed by atoms with van der Waals surface area (Å²) in [4.78, 5) is 25.5. The molecule has 118 valence electrons. The molecular formula is C20H20O3. The molecule has 0 fully saturated rings. The van der Waals surface area contributed by atoms with Crippen LogP contribution in [0.25, 0.3) is 0 Å². The van der Waals surface area contributed by atoms with Gasteiger partial charge in [-0.15, -0.1) is 0 Å². The predicted octanol–water partition coefficient (Wildman–Crippen LogP) is 3.71. The van der Waals surface area contributed by atoms with E-state index in [1.54, 1.807) is 31.2 Å². The van der Waals surface area contributed by atoms with Crippen LogP contribution in [-0.4, -0.2) is 16.7 Å². The van der Waals surface area contributed by atoms with Gasteiger partial charge in [-0.05, 0) is 48.3 Å². The molecule has 0 spiro atoms. The smallest absolute Gasteiger partial charge is 0.163 e. The third-order valence-electron chi connectivity index (χ3n) is 5.27. The van der Waals surface area contributed by atoms with Gasteiger partial charge in [-0.1, -0.05) is 37.8 Å². The molecule has 3 rings (SSSR count). The Labute approximate surface area is 136 Å². The highest BCUT2D eigenvalue weighted by atomic mass is 16.3. The van der Waals surface area contributed by atoms with E-state index in [1.807, 2.05) is 19.1 Å². The van der Waals surface area contributed by atoms with Crippen LogP contribution in [0.1, 0.15) is 31.7 Å². The lowest BCUT2D eigenvalue weighted by Crippen LogP contribution is -2.49. The summed E-state index contributed by atoms with van der Waals surface area (Å²) in [5, 5.41) is 9.83. The minimum atomic E-state index is -0.845. The minimum absolute atomic E-state index is 0.0274. The van der Waals surface area contributed by atoms with Crippen LogP contribution in [0.15, 0.2) is 60.2 Å². The fourth-order valence-electron chi connectivity index (χ4n) is 4.00. The molecule has 0 heterocycles. The summed E-state index contributed by atoms with van der Waals surface area (Å²) in [6, 6.07) is 6.91. The molecule has 0 aromatic heterocycles. The third kappa shape index (κ3) is 2.19. The lowest BCUT2D eigenvalue weighted by Gasteiger charge is -2.47. The molecular weight excluding hydrogens is 288 g/mol. The Kier molecular flexibility index (Phi) is 3.59.